The molecule has 0 aromatic heterocycles. The molecule has 5 heteroatoms. The van der Waals surface area contributed by atoms with Crippen molar-refractivity contribution in [1.82, 2.24) is 0 Å². The van der Waals surface area contributed by atoms with Gasteiger partial charge in [0.05, 0.1) is 28.6 Å². The second kappa shape index (κ2) is 5.84. The highest BCUT2D eigenvalue weighted by Gasteiger charge is 2.12. The van der Waals surface area contributed by atoms with E-state index in [1.165, 1.54) is 19.2 Å². The smallest absolute Gasteiger partial charge is 0.137 e. The van der Waals surface area contributed by atoms with E-state index in [1.807, 2.05) is 0 Å². The van der Waals surface area contributed by atoms with Crippen molar-refractivity contribution < 1.29 is 13.3 Å². The summed E-state index contributed by atoms with van der Waals surface area (Å²) in [7, 11) is 0.188. The molecule has 0 aliphatic carbocycles. The molecule has 0 spiro atoms. The van der Waals surface area contributed by atoms with Gasteiger partial charge in [-0.3, -0.25) is 4.21 Å². The standard InChI is InChI=1S/C14H14FNO2S/c1-18-13-8-12(16)5-6-14(13)19(17)9-10-3-2-4-11(15)7-10/h2-8H,9,16H2,1H3. The van der Waals surface area contributed by atoms with E-state index in [2.05, 4.69) is 0 Å². The summed E-state index contributed by atoms with van der Waals surface area (Å²) in [5, 5.41) is 0. The Labute approximate surface area is 113 Å². The lowest BCUT2D eigenvalue weighted by Crippen LogP contribution is -2.00. The van der Waals surface area contributed by atoms with Gasteiger partial charge in [0.15, 0.2) is 0 Å². The maximum atomic E-state index is 13.1. The molecule has 19 heavy (non-hydrogen) atoms. The van der Waals surface area contributed by atoms with Gasteiger partial charge in [-0.2, -0.15) is 0 Å². The number of hydrogen-bond acceptors (Lipinski definition) is 3. The lowest BCUT2D eigenvalue weighted by Gasteiger charge is -2.09. The summed E-state index contributed by atoms with van der Waals surface area (Å²) in [5.41, 5.74) is 6.87. The summed E-state index contributed by atoms with van der Waals surface area (Å²) in [4.78, 5) is 0.556. The maximum Gasteiger partial charge on any atom is 0.137 e. The van der Waals surface area contributed by atoms with Crippen molar-refractivity contribution in [2.75, 3.05) is 12.8 Å². The van der Waals surface area contributed by atoms with E-state index in [1.54, 1.807) is 30.3 Å². The van der Waals surface area contributed by atoms with Crippen LogP contribution < -0.4 is 10.5 Å². The molecular formula is C14H14FNO2S. The lowest BCUT2D eigenvalue weighted by molar-refractivity contribution is 0.404. The van der Waals surface area contributed by atoms with E-state index in [9.17, 15) is 8.60 Å². The van der Waals surface area contributed by atoms with Gasteiger partial charge < -0.3 is 10.5 Å². The molecule has 1 atom stereocenters. The van der Waals surface area contributed by atoms with Crippen LogP contribution in [0.15, 0.2) is 47.4 Å². The van der Waals surface area contributed by atoms with Crippen LogP contribution in [0.2, 0.25) is 0 Å². The van der Waals surface area contributed by atoms with Gasteiger partial charge in [0.25, 0.3) is 0 Å². The Morgan fingerprint density at radius 1 is 1.26 bits per heavy atom. The topological polar surface area (TPSA) is 52.3 Å². The van der Waals surface area contributed by atoms with Gasteiger partial charge in [0.2, 0.25) is 0 Å². The van der Waals surface area contributed by atoms with Crippen molar-refractivity contribution in [3.63, 3.8) is 0 Å². The van der Waals surface area contributed by atoms with E-state index >= 15 is 0 Å². The van der Waals surface area contributed by atoms with Crippen LogP contribution in [0.25, 0.3) is 0 Å². The molecule has 0 heterocycles. The highest BCUT2D eigenvalue weighted by molar-refractivity contribution is 7.84. The minimum absolute atomic E-state index is 0.234. The number of hydrogen-bond donors (Lipinski definition) is 1. The van der Waals surface area contributed by atoms with Crippen LogP contribution in [-0.2, 0) is 16.6 Å². The number of rotatable bonds is 4. The molecule has 2 rings (SSSR count). The van der Waals surface area contributed by atoms with Crippen molar-refractivity contribution in [3.8, 4) is 5.75 Å². The first-order chi connectivity index (χ1) is 9.10. The van der Waals surface area contributed by atoms with E-state index in [4.69, 9.17) is 10.5 Å². The van der Waals surface area contributed by atoms with Gasteiger partial charge in [-0.1, -0.05) is 12.1 Å². The van der Waals surface area contributed by atoms with E-state index < -0.39 is 10.8 Å². The minimum Gasteiger partial charge on any atom is -0.495 e. The second-order valence-electron chi connectivity index (χ2n) is 4.03. The highest BCUT2D eigenvalue weighted by Crippen LogP contribution is 2.26. The van der Waals surface area contributed by atoms with Gasteiger partial charge in [0, 0.05) is 11.8 Å². The Morgan fingerprint density at radius 2 is 2.05 bits per heavy atom. The quantitative estimate of drug-likeness (QED) is 0.875. The third kappa shape index (κ3) is 3.32. The van der Waals surface area contributed by atoms with Crippen molar-refractivity contribution in [2.24, 2.45) is 0 Å². The molecular weight excluding hydrogens is 265 g/mol. The van der Waals surface area contributed by atoms with Crippen LogP contribution in [0.5, 0.6) is 5.75 Å². The molecule has 2 aromatic rings. The summed E-state index contributed by atoms with van der Waals surface area (Å²) in [5.74, 6) is 0.381. The largest absolute Gasteiger partial charge is 0.495 e. The predicted molar refractivity (Wildman–Crippen MR) is 73.9 cm³/mol. The predicted octanol–water partition coefficient (Wildman–Crippen LogP) is 2.72. The van der Waals surface area contributed by atoms with Crippen molar-refractivity contribution in [3.05, 3.63) is 53.8 Å². The Bertz CT molecular complexity index is 616. The first kappa shape index (κ1) is 13.5. The van der Waals surface area contributed by atoms with Crippen LogP contribution in [0.4, 0.5) is 10.1 Å². The number of benzene rings is 2. The Balaban J connectivity index is 2.25. The van der Waals surface area contributed by atoms with E-state index in [-0.39, 0.29) is 11.6 Å². The van der Waals surface area contributed by atoms with Crippen LogP contribution >= 0.6 is 0 Å². The minimum atomic E-state index is -1.31. The molecule has 0 amide bonds. The number of ether oxygens (including phenoxy) is 1. The average Bonchev–Trinajstić information content (AvgIpc) is 2.38. The fourth-order valence-corrected chi connectivity index (χ4v) is 2.95. The molecule has 0 aliphatic rings. The van der Waals surface area contributed by atoms with Crippen LogP contribution in [-0.4, -0.2) is 11.3 Å². The molecule has 0 saturated heterocycles. The Morgan fingerprint density at radius 3 is 2.74 bits per heavy atom. The molecule has 0 bridgehead atoms. The molecule has 100 valence electrons. The van der Waals surface area contributed by atoms with E-state index in [0.29, 0.717) is 21.9 Å². The van der Waals surface area contributed by atoms with Gasteiger partial charge in [0.1, 0.15) is 11.6 Å². The summed E-state index contributed by atoms with van der Waals surface area (Å²) in [6.45, 7) is 0. The molecule has 0 fully saturated rings. The Kier molecular flexibility index (Phi) is 4.16. The second-order valence-corrected chi connectivity index (χ2v) is 5.45. The SMILES string of the molecule is COc1cc(N)ccc1S(=O)Cc1cccc(F)c1. The molecule has 0 aliphatic heterocycles. The zero-order chi connectivity index (χ0) is 13.8. The zero-order valence-corrected chi connectivity index (χ0v) is 11.2. The summed E-state index contributed by atoms with van der Waals surface area (Å²) >= 11 is 0. The number of nitrogens with two attached hydrogens (primary N) is 1. The van der Waals surface area contributed by atoms with Gasteiger partial charge in [-0.25, -0.2) is 4.39 Å². The number of methoxy groups -OCH3 is 1. The third-order valence-corrected chi connectivity index (χ3v) is 4.04. The normalized spacial score (nSPS) is 12.1. The van der Waals surface area contributed by atoms with Gasteiger partial charge >= 0.3 is 0 Å². The summed E-state index contributed by atoms with van der Waals surface area (Å²) in [6, 6.07) is 11.0. The van der Waals surface area contributed by atoms with E-state index in [0.717, 1.165) is 0 Å². The van der Waals surface area contributed by atoms with Crippen molar-refractivity contribution in [1.29, 1.82) is 0 Å². The molecule has 1 unspecified atom stereocenters. The Hall–Kier alpha value is -1.88. The maximum absolute atomic E-state index is 13.1. The molecule has 0 radical (unpaired) electrons. The van der Waals surface area contributed by atoms with Crippen molar-refractivity contribution in [2.45, 2.75) is 10.6 Å². The van der Waals surface area contributed by atoms with Crippen LogP contribution in [0.1, 0.15) is 5.56 Å². The zero-order valence-electron chi connectivity index (χ0n) is 10.4. The number of nitrogen functional groups attached to an aromatic ring is 1. The highest BCUT2D eigenvalue weighted by atomic mass is 32.2. The third-order valence-electron chi connectivity index (χ3n) is 2.62. The molecule has 3 nitrogen and oxygen atoms in total. The summed E-state index contributed by atoms with van der Waals surface area (Å²) < 4.78 is 30.5. The van der Waals surface area contributed by atoms with Crippen molar-refractivity contribution >= 4 is 16.5 Å². The van der Waals surface area contributed by atoms with Gasteiger partial charge in [-0.15, -0.1) is 0 Å². The van der Waals surface area contributed by atoms with Crippen LogP contribution in [0.3, 0.4) is 0 Å². The fourth-order valence-electron chi connectivity index (χ4n) is 1.73. The van der Waals surface area contributed by atoms with Gasteiger partial charge in [-0.05, 0) is 29.8 Å². The number of halogens is 1. The molecule has 2 N–H and O–H groups in total. The monoisotopic (exact) mass is 279 g/mol. The average molecular weight is 279 g/mol. The first-order valence-electron chi connectivity index (χ1n) is 5.66. The summed E-state index contributed by atoms with van der Waals surface area (Å²) in [6.07, 6.45) is 0. The first-order valence-corrected chi connectivity index (χ1v) is 6.98. The number of anilines is 1. The lowest BCUT2D eigenvalue weighted by atomic mass is 10.2. The fraction of sp³-hybridized carbons (Fsp3) is 0.143. The van der Waals surface area contributed by atoms with Crippen LogP contribution in [0, 0.1) is 5.82 Å². The molecule has 0 saturated carbocycles. The molecule has 2 aromatic carbocycles.